The number of nitrogens with one attached hydrogen (secondary N) is 1. The van der Waals surface area contributed by atoms with Crippen molar-refractivity contribution in [2.75, 3.05) is 22.4 Å². The largest absolute Gasteiger partial charge is 0.449 e. The van der Waals surface area contributed by atoms with Crippen molar-refractivity contribution in [1.29, 1.82) is 0 Å². The van der Waals surface area contributed by atoms with Crippen LogP contribution in [0.5, 0.6) is 0 Å². The smallest absolute Gasteiger partial charge is 0.338 e. The van der Waals surface area contributed by atoms with Gasteiger partial charge in [0.2, 0.25) is 10.0 Å². The molecule has 1 N–H and O–H groups in total. The molecule has 0 spiro atoms. The molecule has 28 heavy (non-hydrogen) atoms. The number of carbonyl (C=O) groups is 2. The van der Waals surface area contributed by atoms with Gasteiger partial charge in [0.1, 0.15) is 5.82 Å². The van der Waals surface area contributed by atoms with Crippen molar-refractivity contribution >= 4 is 33.3 Å². The summed E-state index contributed by atoms with van der Waals surface area (Å²) in [6.45, 7) is 1.70. The van der Waals surface area contributed by atoms with Crippen molar-refractivity contribution in [3.8, 4) is 0 Å². The van der Waals surface area contributed by atoms with Crippen LogP contribution in [0.4, 0.5) is 15.8 Å². The van der Waals surface area contributed by atoms with E-state index in [4.69, 9.17) is 4.74 Å². The van der Waals surface area contributed by atoms with E-state index in [1.54, 1.807) is 18.2 Å². The van der Waals surface area contributed by atoms with Gasteiger partial charge in [0.25, 0.3) is 5.91 Å². The Bertz CT molecular complexity index is 1040. The van der Waals surface area contributed by atoms with Crippen LogP contribution >= 0.6 is 0 Å². The van der Waals surface area contributed by atoms with Crippen molar-refractivity contribution in [3.63, 3.8) is 0 Å². The Morgan fingerprint density at radius 3 is 2.61 bits per heavy atom. The molecule has 1 atom stereocenters. The number of sulfonamides is 1. The third kappa shape index (κ3) is 4.14. The highest BCUT2D eigenvalue weighted by Gasteiger charge is 2.27. The topological polar surface area (TPSA) is 92.8 Å². The minimum atomic E-state index is -3.38. The number of rotatable bonds is 5. The van der Waals surface area contributed by atoms with Gasteiger partial charge in [-0.1, -0.05) is 12.1 Å². The van der Waals surface area contributed by atoms with Crippen LogP contribution in [0.1, 0.15) is 22.8 Å². The Morgan fingerprint density at radius 1 is 1.21 bits per heavy atom. The average Bonchev–Trinajstić information content (AvgIpc) is 3.07. The molecule has 148 valence electrons. The van der Waals surface area contributed by atoms with Crippen molar-refractivity contribution in [2.45, 2.75) is 19.4 Å². The van der Waals surface area contributed by atoms with Gasteiger partial charge in [-0.05, 0) is 49.2 Å². The summed E-state index contributed by atoms with van der Waals surface area (Å²) in [6.07, 6.45) is 0.459. The minimum Gasteiger partial charge on any atom is -0.449 e. The summed E-state index contributed by atoms with van der Waals surface area (Å²) < 4.78 is 43.6. The molecule has 0 bridgehead atoms. The predicted molar refractivity (Wildman–Crippen MR) is 102 cm³/mol. The lowest BCUT2D eigenvalue weighted by Gasteiger charge is -2.17. The van der Waals surface area contributed by atoms with E-state index in [2.05, 4.69) is 5.32 Å². The van der Waals surface area contributed by atoms with E-state index < -0.39 is 33.8 Å². The van der Waals surface area contributed by atoms with Crippen LogP contribution in [-0.2, 0) is 26.0 Å². The molecule has 0 saturated carbocycles. The first-order valence-electron chi connectivity index (χ1n) is 8.54. The molecular formula is C19H19FN2O5S. The number of anilines is 2. The maximum atomic E-state index is 13.6. The zero-order chi connectivity index (χ0) is 20.5. The van der Waals surface area contributed by atoms with E-state index in [1.165, 1.54) is 35.5 Å². The summed E-state index contributed by atoms with van der Waals surface area (Å²) in [6, 6.07) is 10.2. The molecule has 0 saturated heterocycles. The van der Waals surface area contributed by atoms with E-state index in [-0.39, 0.29) is 11.3 Å². The number of para-hydroxylation sites is 1. The highest BCUT2D eigenvalue weighted by atomic mass is 32.2. The molecule has 1 amide bonds. The van der Waals surface area contributed by atoms with Gasteiger partial charge in [-0.15, -0.1) is 0 Å². The van der Waals surface area contributed by atoms with Gasteiger partial charge in [0.05, 0.1) is 23.2 Å². The molecule has 0 radical (unpaired) electrons. The maximum Gasteiger partial charge on any atom is 0.338 e. The lowest BCUT2D eigenvalue weighted by atomic mass is 10.1. The van der Waals surface area contributed by atoms with Crippen LogP contribution < -0.4 is 9.62 Å². The van der Waals surface area contributed by atoms with Gasteiger partial charge in [-0.2, -0.15) is 0 Å². The highest BCUT2D eigenvalue weighted by molar-refractivity contribution is 7.92. The fourth-order valence-electron chi connectivity index (χ4n) is 2.92. The first-order chi connectivity index (χ1) is 13.2. The molecule has 0 aromatic heterocycles. The molecule has 0 unspecified atom stereocenters. The number of amides is 1. The fraction of sp³-hybridized carbons (Fsp3) is 0.263. The molecular weight excluding hydrogens is 387 g/mol. The Morgan fingerprint density at radius 2 is 1.93 bits per heavy atom. The molecule has 1 heterocycles. The zero-order valence-electron chi connectivity index (χ0n) is 15.3. The number of fused-ring (bicyclic) bond motifs is 1. The summed E-state index contributed by atoms with van der Waals surface area (Å²) in [7, 11) is -3.38. The van der Waals surface area contributed by atoms with Gasteiger partial charge in [-0.3, -0.25) is 9.10 Å². The van der Waals surface area contributed by atoms with E-state index in [1.807, 2.05) is 0 Å². The van der Waals surface area contributed by atoms with E-state index in [0.717, 1.165) is 6.26 Å². The zero-order valence-corrected chi connectivity index (χ0v) is 16.1. The normalized spacial score (nSPS) is 14.3. The van der Waals surface area contributed by atoms with Gasteiger partial charge in [0.15, 0.2) is 6.10 Å². The van der Waals surface area contributed by atoms with Crippen LogP contribution in [0.25, 0.3) is 0 Å². The molecule has 0 fully saturated rings. The second kappa shape index (κ2) is 7.59. The summed E-state index contributed by atoms with van der Waals surface area (Å²) in [4.78, 5) is 24.5. The molecule has 7 nitrogen and oxygen atoms in total. The minimum absolute atomic E-state index is 0.00574. The SMILES string of the molecule is C[C@H](OC(=O)c1ccc2c(c1)CCN2S(C)(=O)=O)C(=O)Nc1ccccc1F. The number of esters is 1. The first kappa shape index (κ1) is 19.8. The molecule has 0 aliphatic carbocycles. The number of carbonyl (C=O) groups excluding carboxylic acids is 2. The average molecular weight is 406 g/mol. The van der Waals surface area contributed by atoms with Gasteiger partial charge >= 0.3 is 5.97 Å². The van der Waals surface area contributed by atoms with Crippen LogP contribution in [0.15, 0.2) is 42.5 Å². The van der Waals surface area contributed by atoms with Crippen molar-refractivity contribution in [1.82, 2.24) is 0 Å². The Balaban J connectivity index is 1.68. The third-order valence-electron chi connectivity index (χ3n) is 4.35. The Hall–Kier alpha value is -2.94. The fourth-order valence-corrected chi connectivity index (χ4v) is 3.88. The summed E-state index contributed by atoms with van der Waals surface area (Å²) in [5.74, 6) is -1.98. The number of ether oxygens (including phenoxy) is 1. The second-order valence-electron chi connectivity index (χ2n) is 6.45. The van der Waals surface area contributed by atoms with Crippen LogP contribution in [0, 0.1) is 5.82 Å². The van der Waals surface area contributed by atoms with Crippen molar-refractivity contribution < 1.29 is 27.1 Å². The summed E-state index contributed by atoms with van der Waals surface area (Å²) in [5.41, 5.74) is 1.45. The quantitative estimate of drug-likeness (QED) is 0.770. The van der Waals surface area contributed by atoms with Gasteiger partial charge in [-0.25, -0.2) is 17.6 Å². The van der Waals surface area contributed by atoms with Gasteiger partial charge < -0.3 is 10.1 Å². The maximum absolute atomic E-state index is 13.6. The van der Waals surface area contributed by atoms with Crippen LogP contribution in [-0.4, -0.2) is 39.2 Å². The summed E-state index contributed by atoms with van der Waals surface area (Å²) in [5, 5.41) is 2.37. The molecule has 2 aromatic rings. The Labute approximate surface area is 162 Å². The van der Waals surface area contributed by atoms with Crippen molar-refractivity contribution in [3.05, 3.63) is 59.4 Å². The molecule has 3 rings (SSSR count). The molecule has 2 aromatic carbocycles. The first-order valence-corrected chi connectivity index (χ1v) is 10.4. The molecule has 1 aliphatic rings. The number of hydrogen-bond donors (Lipinski definition) is 1. The number of nitrogens with zero attached hydrogens (tertiary/aromatic N) is 1. The monoisotopic (exact) mass is 406 g/mol. The number of hydrogen-bond acceptors (Lipinski definition) is 5. The highest BCUT2D eigenvalue weighted by Crippen LogP contribution is 2.31. The van der Waals surface area contributed by atoms with Crippen LogP contribution in [0.3, 0.4) is 0 Å². The Kier molecular flexibility index (Phi) is 5.37. The third-order valence-corrected chi connectivity index (χ3v) is 5.53. The van der Waals surface area contributed by atoms with Gasteiger partial charge in [0, 0.05) is 6.54 Å². The van der Waals surface area contributed by atoms with Crippen LogP contribution in [0.2, 0.25) is 0 Å². The lowest BCUT2D eigenvalue weighted by molar-refractivity contribution is -0.123. The van der Waals surface area contributed by atoms with E-state index in [9.17, 15) is 22.4 Å². The van der Waals surface area contributed by atoms with Crippen molar-refractivity contribution in [2.24, 2.45) is 0 Å². The lowest BCUT2D eigenvalue weighted by Crippen LogP contribution is -2.30. The molecule has 9 heteroatoms. The second-order valence-corrected chi connectivity index (χ2v) is 8.35. The van der Waals surface area contributed by atoms with E-state index >= 15 is 0 Å². The van der Waals surface area contributed by atoms with E-state index in [0.29, 0.717) is 24.2 Å². The summed E-state index contributed by atoms with van der Waals surface area (Å²) >= 11 is 0. The number of benzene rings is 2. The molecule has 1 aliphatic heterocycles. The number of halogens is 1. The predicted octanol–water partition coefficient (Wildman–Crippen LogP) is 2.33. The standard InChI is InChI=1S/C19H19FN2O5S/c1-12(18(23)21-16-6-4-3-5-15(16)20)27-19(24)14-7-8-17-13(11-14)9-10-22(17)28(2,25)26/h3-8,11-12H,9-10H2,1-2H3,(H,21,23)/t12-/m0/s1.